The Balaban J connectivity index is 1.06. The van der Waals surface area contributed by atoms with E-state index >= 15 is 0 Å². The lowest BCUT2D eigenvalue weighted by Crippen LogP contribution is -2.05. The van der Waals surface area contributed by atoms with E-state index in [2.05, 4.69) is 174 Å². The third-order valence-corrected chi connectivity index (χ3v) is 14.1. The molecule has 0 aliphatic heterocycles. The van der Waals surface area contributed by atoms with Crippen molar-refractivity contribution in [3.8, 4) is 62.1 Å². The second-order valence-corrected chi connectivity index (χ2v) is 17.6. The molecule has 12 rings (SSSR count). The van der Waals surface area contributed by atoms with Crippen LogP contribution in [0.5, 0.6) is 0 Å². The van der Waals surface area contributed by atoms with Crippen LogP contribution in [0.4, 0.5) is 0 Å². The summed E-state index contributed by atoms with van der Waals surface area (Å²) in [4.78, 5) is 15.7. The van der Waals surface area contributed by atoms with Crippen LogP contribution < -0.4 is 0 Å². The molecule has 0 N–H and O–H groups in total. The van der Waals surface area contributed by atoms with Crippen molar-refractivity contribution in [2.75, 3.05) is 0 Å². The maximum absolute atomic E-state index is 5.33. The Labute approximate surface area is 364 Å². The molecule has 1 saturated carbocycles. The molecule has 4 nitrogen and oxygen atoms in total. The minimum absolute atomic E-state index is 0.572. The van der Waals surface area contributed by atoms with Gasteiger partial charge in [0, 0.05) is 53.2 Å². The number of rotatable bonds is 7. The Kier molecular flexibility index (Phi) is 9.07. The van der Waals surface area contributed by atoms with E-state index in [1.54, 1.807) is 0 Å². The normalized spacial score (nSPS) is 13.4. The van der Waals surface area contributed by atoms with Gasteiger partial charge in [0.25, 0.3) is 0 Å². The molecule has 5 heteroatoms. The summed E-state index contributed by atoms with van der Waals surface area (Å²) in [5.41, 5.74) is 12.5. The van der Waals surface area contributed by atoms with Crippen LogP contribution in [0.15, 0.2) is 188 Å². The maximum Gasteiger partial charge on any atom is 0.164 e. The number of fused-ring (bicyclic) bond motifs is 6. The smallest absolute Gasteiger partial charge is 0.164 e. The van der Waals surface area contributed by atoms with Gasteiger partial charge in [-0.1, -0.05) is 177 Å². The number of hydrogen-bond acceptors (Lipinski definition) is 4. The molecule has 11 aromatic rings. The van der Waals surface area contributed by atoms with Gasteiger partial charge in [-0.3, -0.25) is 0 Å². The summed E-state index contributed by atoms with van der Waals surface area (Å²) in [5.74, 6) is 2.49. The van der Waals surface area contributed by atoms with Crippen molar-refractivity contribution < 1.29 is 0 Å². The zero-order valence-corrected chi connectivity index (χ0v) is 35.0. The van der Waals surface area contributed by atoms with Gasteiger partial charge < -0.3 is 4.57 Å². The lowest BCUT2D eigenvalue weighted by atomic mass is 9.82. The van der Waals surface area contributed by atoms with E-state index in [1.165, 1.54) is 85.2 Å². The molecule has 8 aromatic carbocycles. The number of para-hydroxylation sites is 1. The first-order chi connectivity index (χ1) is 30.7. The summed E-state index contributed by atoms with van der Waals surface area (Å²) >= 11 is 1.85. The van der Waals surface area contributed by atoms with Crippen molar-refractivity contribution >= 4 is 53.3 Å². The number of hydrogen-bond donors (Lipinski definition) is 0. The van der Waals surface area contributed by atoms with Gasteiger partial charge in [0.05, 0.1) is 16.7 Å². The van der Waals surface area contributed by atoms with Crippen molar-refractivity contribution in [1.29, 1.82) is 0 Å². The molecule has 3 heterocycles. The third kappa shape index (κ3) is 6.31. The Bertz CT molecular complexity index is 3450. The topological polar surface area (TPSA) is 43.6 Å². The van der Waals surface area contributed by atoms with E-state index < -0.39 is 0 Å². The van der Waals surface area contributed by atoms with Gasteiger partial charge in [-0.15, -0.1) is 11.3 Å². The fraction of sp³-hybridized carbons (Fsp3) is 0.105. The first-order valence-corrected chi connectivity index (χ1v) is 22.6. The van der Waals surface area contributed by atoms with Crippen molar-refractivity contribution in [2.24, 2.45) is 0 Å². The summed E-state index contributed by atoms with van der Waals surface area (Å²) in [6.07, 6.45) is 6.42. The van der Waals surface area contributed by atoms with Crippen LogP contribution in [-0.2, 0) is 0 Å². The molecule has 0 spiro atoms. The number of benzene rings is 8. The van der Waals surface area contributed by atoms with Gasteiger partial charge in [-0.2, -0.15) is 0 Å². The molecule has 1 aliphatic carbocycles. The van der Waals surface area contributed by atoms with Crippen LogP contribution in [0.1, 0.15) is 43.6 Å². The molecule has 0 saturated heterocycles. The van der Waals surface area contributed by atoms with E-state index in [0.29, 0.717) is 23.4 Å². The molecule has 1 fully saturated rings. The van der Waals surface area contributed by atoms with Crippen LogP contribution in [-0.4, -0.2) is 19.5 Å². The van der Waals surface area contributed by atoms with Gasteiger partial charge in [-0.05, 0) is 71.3 Å². The molecule has 296 valence electrons. The highest BCUT2D eigenvalue weighted by Crippen LogP contribution is 2.44. The lowest BCUT2D eigenvalue weighted by molar-refractivity contribution is 0.445. The van der Waals surface area contributed by atoms with Crippen LogP contribution in [0.3, 0.4) is 0 Å². The SMILES string of the molecule is c1ccc(-c2nc(-c3cccc(-c4cccc5c4sc4ccccc45)c3)nc(-c3ccc(-c4ccccc4)c(-n4c5ccccc5c5c(C6CCCCC6)cccc54)c3)n2)cc1. The molecule has 3 aromatic heterocycles. The molecule has 1 aliphatic rings. The van der Waals surface area contributed by atoms with Crippen LogP contribution in [0, 0.1) is 0 Å². The first kappa shape index (κ1) is 36.6. The average Bonchev–Trinajstić information content (AvgIpc) is 3.91. The predicted octanol–water partition coefficient (Wildman–Crippen LogP) is 15.7. The van der Waals surface area contributed by atoms with Gasteiger partial charge >= 0.3 is 0 Å². The first-order valence-electron chi connectivity index (χ1n) is 21.8. The number of aromatic nitrogens is 4. The fourth-order valence-electron chi connectivity index (χ4n) is 9.93. The van der Waals surface area contributed by atoms with Gasteiger partial charge in [-0.25, -0.2) is 15.0 Å². The fourth-order valence-corrected chi connectivity index (χ4v) is 11.2. The minimum Gasteiger partial charge on any atom is -0.309 e. The van der Waals surface area contributed by atoms with E-state index in [1.807, 2.05) is 29.5 Å². The Morgan fingerprint density at radius 1 is 0.419 bits per heavy atom. The maximum atomic E-state index is 5.33. The summed E-state index contributed by atoms with van der Waals surface area (Å²) in [5, 5.41) is 5.25. The molecule has 0 radical (unpaired) electrons. The summed E-state index contributed by atoms with van der Waals surface area (Å²) in [7, 11) is 0. The number of nitrogens with zero attached hydrogens (tertiary/aromatic N) is 4. The molecule has 0 amide bonds. The zero-order valence-electron chi connectivity index (χ0n) is 34.2. The quantitative estimate of drug-likeness (QED) is 0.161. The monoisotopic (exact) mass is 814 g/mol. The van der Waals surface area contributed by atoms with Crippen molar-refractivity contribution in [3.63, 3.8) is 0 Å². The van der Waals surface area contributed by atoms with E-state index in [0.717, 1.165) is 39.1 Å². The Morgan fingerprint density at radius 3 is 1.82 bits per heavy atom. The average molecular weight is 815 g/mol. The zero-order chi connectivity index (χ0) is 41.0. The van der Waals surface area contributed by atoms with Crippen LogP contribution in [0.2, 0.25) is 0 Å². The lowest BCUT2D eigenvalue weighted by Gasteiger charge is -2.23. The number of thiophene rings is 1. The van der Waals surface area contributed by atoms with Gasteiger partial charge in [0.15, 0.2) is 17.5 Å². The largest absolute Gasteiger partial charge is 0.309 e. The molecule has 0 atom stereocenters. The molecular formula is C57H42N4S. The summed E-state index contributed by atoms with van der Waals surface area (Å²) < 4.78 is 5.07. The molecular weight excluding hydrogens is 773 g/mol. The molecule has 0 bridgehead atoms. The van der Waals surface area contributed by atoms with Crippen LogP contribution >= 0.6 is 11.3 Å². The van der Waals surface area contributed by atoms with Gasteiger partial charge in [0.2, 0.25) is 0 Å². The van der Waals surface area contributed by atoms with Crippen molar-refractivity contribution in [1.82, 2.24) is 19.5 Å². The van der Waals surface area contributed by atoms with Crippen molar-refractivity contribution in [2.45, 2.75) is 38.0 Å². The molecule has 0 unspecified atom stereocenters. The Morgan fingerprint density at radius 2 is 1.02 bits per heavy atom. The molecule has 62 heavy (non-hydrogen) atoms. The highest BCUT2D eigenvalue weighted by molar-refractivity contribution is 7.26. The van der Waals surface area contributed by atoms with E-state index in [-0.39, 0.29) is 0 Å². The standard InChI is InChI=1S/C57H42N4S/c1-4-17-37(18-5-1)43-34-33-42(36-51(43)61-49-30-12-10-26-48(49)53-44(27-16-31-50(53)61)38-19-6-2-7-20-38)57-59-55(39-21-8-3-9-22-39)58-56(60-57)41-24-14-23-40(35-41)45-28-15-29-47-46-25-11-13-32-52(46)62-54(45)47/h1,3-5,8-18,21-36,38H,2,6-7,19-20H2. The highest BCUT2D eigenvalue weighted by Gasteiger charge is 2.24. The highest BCUT2D eigenvalue weighted by atomic mass is 32.1. The summed E-state index contributed by atoms with van der Waals surface area (Å²) in [6, 6.07) is 67.7. The Hall–Kier alpha value is -7.21. The second kappa shape index (κ2) is 15.4. The second-order valence-electron chi connectivity index (χ2n) is 16.6. The van der Waals surface area contributed by atoms with E-state index in [4.69, 9.17) is 15.0 Å². The van der Waals surface area contributed by atoms with Crippen LogP contribution in [0.25, 0.3) is 104 Å². The van der Waals surface area contributed by atoms with Gasteiger partial charge in [0.1, 0.15) is 0 Å². The summed E-state index contributed by atoms with van der Waals surface area (Å²) in [6.45, 7) is 0. The van der Waals surface area contributed by atoms with E-state index in [9.17, 15) is 0 Å². The third-order valence-electron chi connectivity index (χ3n) is 12.9. The minimum atomic E-state index is 0.572. The van der Waals surface area contributed by atoms with Crippen molar-refractivity contribution in [3.05, 3.63) is 194 Å². The predicted molar refractivity (Wildman–Crippen MR) is 260 cm³/mol.